The minimum absolute atomic E-state index is 0.0704. The van der Waals surface area contributed by atoms with E-state index in [1.165, 1.54) is 4.90 Å². The van der Waals surface area contributed by atoms with Gasteiger partial charge >= 0.3 is 12.1 Å². The van der Waals surface area contributed by atoms with Crippen molar-refractivity contribution < 1.29 is 32.2 Å². The van der Waals surface area contributed by atoms with Crippen LogP contribution in [0.1, 0.15) is 25.3 Å². The molecule has 0 spiro atoms. The van der Waals surface area contributed by atoms with Crippen molar-refractivity contribution in [2.24, 2.45) is 0 Å². The molecule has 0 heterocycles. The summed E-state index contributed by atoms with van der Waals surface area (Å²) in [7, 11) is 3.13. The minimum atomic E-state index is -4.96. The first-order valence-electron chi connectivity index (χ1n) is 9.10. The van der Waals surface area contributed by atoms with E-state index in [1.807, 2.05) is 24.3 Å². The molecular weight excluding hydrogens is 387 g/mol. The van der Waals surface area contributed by atoms with E-state index in [1.54, 1.807) is 32.3 Å². The Kier molecular flexibility index (Phi) is 7.24. The van der Waals surface area contributed by atoms with Crippen LogP contribution < -0.4 is 0 Å². The van der Waals surface area contributed by atoms with E-state index in [4.69, 9.17) is 9.47 Å². The molecule has 0 saturated heterocycles. The zero-order valence-corrected chi connectivity index (χ0v) is 16.6. The van der Waals surface area contributed by atoms with Gasteiger partial charge in [0.05, 0.1) is 13.2 Å². The molecule has 1 unspecified atom stereocenters. The third kappa shape index (κ3) is 5.69. The molecule has 2 aromatic rings. The van der Waals surface area contributed by atoms with Crippen molar-refractivity contribution in [2.75, 3.05) is 20.7 Å². The predicted molar refractivity (Wildman–Crippen MR) is 102 cm³/mol. The Morgan fingerprint density at radius 3 is 2.31 bits per heavy atom. The molecule has 1 atom stereocenters. The molecule has 2 rings (SSSR count). The molecule has 158 valence electrons. The van der Waals surface area contributed by atoms with Gasteiger partial charge in [0, 0.05) is 20.5 Å². The van der Waals surface area contributed by atoms with E-state index in [0.29, 0.717) is 12.5 Å². The SMILES string of the molecule is CN(C)C(=O)CCCOC(=O)C(C)(OCc1ccc2ccccc2c1)C(F)(F)F. The highest BCUT2D eigenvalue weighted by molar-refractivity contribution is 5.83. The number of hydrogen-bond donors (Lipinski definition) is 0. The molecule has 0 aromatic heterocycles. The normalized spacial score (nSPS) is 13.7. The van der Waals surface area contributed by atoms with Gasteiger partial charge in [0.25, 0.3) is 5.60 Å². The lowest BCUT2D eigenvalue weighted by Gasteiger charge is -2.29. The molecule has 1 amide bonds. The smallest absolute Gasteiger partial charge is 0.428 e. The van der Waals surface area contributed by atoms with Crippen molar-refractivity contribution in [3.63, 3.8) is 0 Å². The number of hydrogen-bond acceptors (Lipinski definition) is 4. The molecule has 8 heteroatoms. The first-order chi connectivity index (χ1) is 13.5. The van der Waals surface area contributed by atoms with Crippen LogP contribution in [0.4, 0.5) is 13.2 Å². The fourth-order valence-corrected chi connectivity index (χ4v) is 2.56. The van der Waals surface area contributed by atoms with Gasteiger partial charge in [0.15, 0.2) is 0 Å². The average molecular weight is 411 g/mol. The maximum Gasteiger partial charge on any atom is 0.428 e. The van der Waals surface area contributed by atoms with Crippen molar-refractivity contribution >= 4 is 22.6 Å². The fraction of sp³-hybridized carbons (Fsp3) is 0.429. The van der Waals surface area contributed by atoms with E-state index >= 15 is 0 Å². The van der Waals surface area contributed by atoms with Gasteiger partial charge in [-0.3, -0.25) is 4.79 Å². The lowest BCUT2D eigenvalue weighted by molar-refractivity contribution is -0.274. The summed E-state index contributed by atoms with van der Waals surface area (Å²) in [5.41, 5.74) is -2.60. The van der Waals surface area contributed by atoms with Crippen molar-refractivity contribution in [1.29, 1.82) is 0 Å². The summed E-state index contributed by atoms with van der Waals surface area (Å²) in [6.07, 6.45) is -4.76. The zero-order valence-electron chi connectivity index (χ0n) is 16.6. The lowest BCUT2D eigenvalue weighted by atomic mass is 10.1. The number of fused-ring (bicyclic) bond motifs is 1. The summed E-state index contributed by atoms with van der Waals surface area (Å²) in [5, 5.41) is 1.80. The second-order valence-electron chi connectivity index (χ2n) is 7.03. The Balaban J connectivity index is 2.02. The molecular formula is C21H24F3NO4. The Hall–Kier alpha value is -2.61. The van der Waals surface area contributed by atoms with E-state index in [9.17, 15) is 22.8 Å². The van der Waals surface area contributed by atoms with Gasteiger partial charge in [0.2, 0.25) is 5.91 Å². The first-order valence-corrected chi connectivity index (χ1v) is 9.10. The van der Waals surface area contributed by atoms with Crippen molar-refractivity contribution in [2.45, 2.75) is 38.1 Å². The second-order valence-corrected chi connectivity index (χ2v) is 7.03. The van der Waals surface area contributed by atoms with Crippen LogP contribution in [0.15, 0.2) is 42.5 Å². The standard InChI is InChI=1S/C21H24F3NO4/c1-20(21(22,23)24,19(27)28-12-6-9-18(26)25(2)3)29-14-15-10-11-16-7-4-5-8-17(16)13-15/h4-5,7-8,10-11,13H,6,9,12,14H2,1-3H3. The Morgan fingerprint density at radius 2 is 1.69 bits per heavy atom. The van der Waals surface area contributed by atoms with Crippen LogP contribution in [0.3, 0.4) is 0 Å². The van der Waals surface area contributed by atoms with Gasteiger partial charge in [0.1, 0.15) is 0 Å². The van der Waals surface area contributed by atoms with Gasteiger partial charge in [-0.1, -0.05) is 36.4 Å². The number of nitrogens with zero attached hydrogens (tertiary/aromatic N) is 1. The molecule has 0 aliphatic heterocycles. The zero-order chi connectivity index (χ0) is 21.7. The number of esters is 1. The summed E-state index contributed by atoms with van der Waals surface area (Å²) in [5.74, 6) is -1.73. The molecule has 5 nitrogen and oxygen atoms in total. The van der Waals surface area contributed by atoms with Crippen LogP contribution >= 0.6 is 0 Å². The predicted octanol–water partition coefficient (Wildman–Crippen LogP) is 4.09. The fourth-order valence-electron chi connectivity index (χ4n) is 2.56. The molecule has 0 fully saturated rings. The highest BCUT2D eigenvalue weighted by Gasteiger charge is 2.59. The summed E-state index contributed by atoms with van der Waals surface area (Å²) < 4.78 is 50.5. The Labute approximate surface area is 167 Å². The number of rotatable bonds is 8. The number of halogens is 3. The van der Waals surface area contributed by atoms with Crippen molar-refractivity contribution in [3.05, 3.63) is 48.0 Å². The summed E-state index contributed by atoms with van der Waals surface area (Å²) >= 11 is 0. The number of carbonyl (C=O) groups excluding carboxylic acids is 2. The lowest BCUT2D eigenvalue weighted by Crippen LogP contribution is -2.52. The number of amides is 1. The maximum atomic E-state index is 13.6. The summed E-state index contributed by atoms with van der Waals surface area (Å²) in [4.78, 5) is 25.0. The van der Waals surface area contributed by atoms with Crippen LogP contribution in [-0.4, -0.2) is 49.3 Å². The van der Waals surface area contributed by atoms with Gasteiger partial charge in [-0.15, -0.1) is 0 Å². The molecule has 0 aliphatic carbocycles. The average Bonchev–Trinajstić information content (AvgIpc) is 2.67. The number of benzene rings is 2. The van der Waals surface area contributed by atoms with E-state index in [2.05, 4.69) is 0 Å². The van der Waals surface area contributed by atoms with Gasteiger partial charge in [-0.2, -0.15) is 13.2 Å². The Bertz CT molecular complexity index is 866. The monoisotopic (exact) mass is 411 g/mol. The molecule has 0 bridgehead atoms. The Morgan fingerprint density at radius 1 is 1.03 bits per heavy atom. The molecule has 29 heavy (non-hydrogen) atoms. The molecule has 0 radical (unpaired) electrons. The van der Waals surface area contributed by atoms with E-state index < -0.39 is 24.4 Å². The second kappa shape index (κ2) is 9.26. The minimum Gasteiger partial charge on any atom is -0.463 e. The summed E-state index contributed by atoms with van der Waals surface area (Å²) in [6.45, 7) is -0.0557. The maximum absolute atomic E-state index is 13.6. The number of carbonyl (C=O) groups is 2. The van der Waals surface area contributed by atoms with Crippen LogP contribution in [0, 0.1) is 0 Å². The van der Waals surface area contributed by atoms with E-state index in [-0.39, 0.29) is 25.4 Å². The van der Waals surface area contributed by atoms with E-state index in [0.717, 1.165) is 10.8 Å². The van der Waals surface area contributed by atoms with Crippen LogP contribution in [0.25, 0.3) is 10.8 Å². The first kappa shape index (κ1) is 22.7. The third-order valence-electron chi connectivity index (χ3n) is 4.54. The molecule has 0 aliphatic rings. The third-order valence-corrected chi connectivity index (χ3v) is 4.54. The highest BCUT2D eigenvalue weighted by atomic mass is 19.4. The molecule has 0 saturated carbocycles. The molecule has 2 aromatic carbocycles. The molecule has 0 N–H and O–H groups in total. The van der Waals surface area contributed by atoms with Gasteiger partial charge in [-0.05, 0) is 35.7 Å². The number of ether oxygens (including phenoxy) is 2. The van der Waals surface area contributed by atoms with Crippen LogP contribution in [0.2, 0.25) is 0 Å². The quantitative estimate of drug-likeness (QED) is 0.485. The van der Waals surface area contributed by atoms with Crippen molar-refractivity contribution in [1.82, 2.24) is 4.90 Å². The van der Waals surface area contributed by atoms with Crippen molar-refractivity contribution in [3.8, 4) is 0 Å². The highest BCUT2D eigenvalue weighted by Crippen LogP contribution is 2.35. The van der Waals surface area contributed by atoms with Gasteiger partial charge in [-0.25, -0.2) is 4.79 Å². The van der Waals surface area contributed by atoms with Crippen LogP contribution in [0.5, 0.6) is 0 Å². The topological polar surface area (TPSA) is 55.8 Å². The summed E-state index contributed by atoms with van der Waals surface area (Å²) in [6, 6.07) is 12.6. The largest absolute Gasteiger partial charge is 0.463 e. The van der Waals surface area contributed by atoms with Crippen LogP contribution in [-0.2, 0) is 25.7 Å². The number of alkyl halides is 3. The van der Waals surface area contributed by atoms with Gasteiger partial charge < -0.3 is 14.4 Å².